The van der Waals surface area contributed by atoms with Crippen LogP contribution in [0.25, 0.3) is 0 Å². The summed E-state index contributed by atoms with van der Waals surface area (Å²) in [5.41, 5.74) is 0. The maximum atomic E-state index is 12.1. The fraction of sp³-hybridized carbons (Fsp3) is 0.971. The lowest BCUT2D eigenvalue weighted by Crippen LogP contribution is -1.97. The molecular formula is C35H70O. The summed E-state index contributed by atoms with van der Waals surface area (Å²) in [6, 6.07) is 0. The number of Topliss-reactive ketones (excluding diaryl/α,β-unsaturated/α-hetero) is 1. The second-order valence-electron chi connectivity index (χ2n) is 12.4. The normalized spacial score (nSPS) is 11.6. The Morgan fingerprint density at radius 2 is 0.639 bits per heavy atom. The minimum Gasteiger partial charge on any atom is -0.300 e. The first kappa shape index (κ1) is 35.7. The molecule has 0 aromatic heterocycles. The van der Waals surface area contributed by atoms with Crippen LogP contribution >= 0.6 is 0 Å². The molecule has 0 fully saturated rings. The van der Waals surface area contributed by atoms with Crippen molar-refractivity contribution in [2.24, 2.45) is 5.92 Å². The molecule has 0 aliphatic carbocycles. The summed E-state index contributed by atoms with van der Waals surface area (Å²) >= 11 is 0. The second-order valence-corrected chi connectivity index (χ2v) is 12.4. The van der Waals surface area contributed by atoms with Gasteiger partial charge in [0.2, 0.25) is 0 Å². The number of hydrogen-bond donors (Lipinski definition) is 0. The van der Waals surface area contributed by atoms with Crippen molar-refractivity contribution in [1.82, 2.24) is 0 Å². The molecule has 216 valence electrons. The topological polar surface area (TPSA) is 17.1 Å². The Morgan fingerprint density at radius 1 is 0.389 bits per heavy atom. The smallest absolute Gasteiger partial charge is 0.132 e. The largest absolute Gasteiger partial charge is 0.300 e. The van der Waals surface area contributed by atoms with Crippen LogP contribution in [-0.2, 0) is 4.79 Å². The Labute approximate surface area is 229 Å². The van der Waals surface area contributed by atoms with Gasteiger partial charge in [-0.2, -0.15) is 0 Å². The van der Waals surface area contributed by atoms with E-state index in [1.54, 1.807) is 0 Å². The van der Waals surface area contributed by atoms with Gasteiger partial charge in [0.05, 0.1) is 0 Å². The van der Waals surface area contributed by atoms with Crippen molar-refractivity contribution in [2.45, 2.75) is 213 Å². The van der Waals surface area contributed by atoms with E-state index >= 15 is 0 Å². The van der Waals surface area contributed by atoms with E-state index in [-0.39, 0.29) is 0 Å². The minimum atomic E-state index is 0.526. The predicted octanol–water partition coefficient (Wildman–Crippen LogP) is 12.9. The standard InChI is InChI=1S/C35H70O/c1-4-5-6-7-8-9-10-11-14-17-20-23-26-29-32-35(36)33-30-27-24-21-18-15-12-13-16-19-22-25-28-31-34(2)3/h34H,4-33H2,1-3H3. The molecule has 0 saturated heterocycles. The van der Waals surface area contributed by atoms with Gasteiger partial charge in [-0.25, -0.2) is 0 Å². The molecule has 0 aliphatic heterocycles. The third-order valence-electron chi connectivity index (χ3n) is 8.05. The Morgan fingerprint density at radius 3 is 0.917 bits per heavy atom. The van der Waals surface area contributed by atoms with Crippen LogP contribution in [0, 0.1) is 5.92 Å². The molecule has 0 bridgehead atoms. The van der Waals surface area contributed by atoms with Crippen LogP contribution in [0.4, 0.5) is 0 Å². The lowest BCUT2D eigenvalue weighted by Gasteiger charge is -2.05. The van der Waals surface area contributed by atoms with Crippen LogP contribution < -0.4 is 0 Å². The van der Waals surface area contributed by atoms with Crippen molar-refractivity contribution in [3.05, 3.63) is 0 Å². The molecule has 0 rings (SSSR count). The Bertz CT molecular complexity index is 413. The quantitative estimate of drug-likeness (QED) is 0.0854. The molecule has 0 aliphatic rings. The molecular weight excluding hydrogens is 436 g/mol. The maximum Gasteiger partial charge on any atom is 0.132 e. The summed E-state index contributed by atoms with van der Waals surface area (Å²) in [5, 5.41) is 0. The Hall–Kier alpha value is -0.330. The number of carbonyl (C=O) groups is 1. The maximum absolute atomic E-state index is 12.1. The van der Waals surface area contributed by atoms with E-state index < -0.39 is 0 Å². The third kappa shape index (κ3) is 31.7. The summed E-state index contributed by atoms with van der Waals surface area (Å²) in [5.74, 6) is 1.41. The van der Waals surface area contributed by atoms with Crippen LogP contribution in [-0.4, -0.2) is 5.78 Å². The van der Waals surface area contributed by atoms with E-state index in [1.807, 2.05) is 0 Å². The highest BCUT2D eigenvalue weighted by molar-refractivity contribution is 5.78. The van der Waals surface area contributed by atoms with Gasteiger partial charge in [-0.1, -0.05) is 188 Å². The number of ketones is 1. The van der Waals surface area contributed by atoms with Gasteiger partial charge in [0.15, 0.2) is 0 Å². The van der Waals surface area contributed by atoms with Gasteiger partial charge in [0.25, 0.3) is 0 Å². The van der Waals surface area contributed by atoms with Crippen molar-refractivity contribution in [3.63, 3.8) is 0 Å². The molecule has 0 aromatic rings. The van der Waals surface area contributed by atoms with Crippen LogP contribution in [0.5, 0.6) is 0 Å². The molecule has 0 unspecified atom stereocenters. The van der Waals surface area contributed by atoms with Gasteiger partial charge in [-0.3, -0.25) is 4.79 Å². The van der Waals surface area contributed by atoms with Gasteiger partial charge < -0.3 is 0 Å². The molecule has 0 atom stereocenters. The zero-order valence-electron chi connectivity index (χ0n) is 25.7. The molecule has 0 radical (unpaired) electrons. The molecule has 1 heteroatoms. The van der Waals surface area contributed by atoms with Crippen molar-refractivity contribution in [2.75, 3.05) is 0 Å². The predicted molar refractivity (Wildman–Crippen MR) is 164 cm³/mol. The van der Waals surface area contributed by atoms with Crippen LogP contribution in [0.2, 0.25) is 0 Å². The van der Waals surface area contributed by atoms with Gasteiger partial charge >= 0.3 is 0 Å². The van der Waals surface area contributed by atoms with Crippen LogP contribution in [0.1, 0.15) is 213 Å². The van der Waals surface area contributed by atoms with E-state index in [0.717, 1.165) is 31.6 Å². The van der Waals surface area contributed by atoms with E-state index in [4.69, 9.17) is 0 Å². The van der Waals surface area contributed by atoms with Crippen LogP contribution in [0.15, 0.2) is 0 Å². The van der Waals surface area contributed by atoms with Crippen molar-refractivity contribution >= 4 is 5.78 Å². The Kier molecular flexibility index (Phi) is 30.6. The summed E-state index contributed by atoms with van der Waals surface area (Å²) in [7, 11) is 0. The second kappa shape index (κ2) is 30.9. The zero-order valence-corrected chi connectivity index (χ0v) is 25.7. The highest BCUT2D eigenvalue weighted by atomic mass is 16.1. The average Bonchev–Trinajstić information content (AvgIpc) is 2.86. The molecule has 0 aromatic carbocycles. The van der Waals surface area contributed by atoms with Gasteiger partial charge in [0, 0.05) is 12.8 Å². The van der Waals surface area contributed by atoms with Gasteiger partial charge in [-0.15, -0.1) is 0 Å². The monoisotopic (exact) mass is 507 g/mol. The first-order chi connectivity index (χ1) is 17.7. The highest BCUT2D eigenvalue weighted by Crippen LogP contribution is 2.16. The summed E-state index contributed by atoms with van der Waals surface area (Å²) in [4.78, 5) is 12.1. The molecule has 0 amide bonds. The first-order valence-electron chi connectivity index (χ1n) is 17.2. The first-order valence-corrected chi connectivity index (χ1v) is 17.2. The van der Waals surface area contributed by atoms with Crippen molar-refractivity contribution in [3.8, 4) is 0 Å². The average molecular weight is 507 g/mol. The van der Waals surface area contributed by atoms with E-state index in [1.165, 1.54) is 167 Å². The lowest BCUT2D eigenvalue weighted by molar-refractivity contribution is -0.119. The molecule has 0 saturated carbocycles. The number of rotatable bonds is 31. The lowest BCUT2D eigenvalue weighted by atomic mass is 10.0. The highest BCUT2D eigenvalue weighted by Gasteiger charge is 2.02. The van der Waals surface area contributed by atoms with E-state index in [2.05, 4.69) is 20.8 Å². The van der Waals surface area contributed by atoms with E-state index in [9.17, 15) is 4.79 Å². The van der Waals surface area contributed by atoms with Crippen molar-refractivity contribution < 1.29 is 4.79 Å². The fourth-order valence-corrected chi connectivity index (χ4v) is 5.46. The zero-order chi connectivity index (χ0) is 26.4. The van der Waals surface area contributed by atoms with Crippen molar-refractivity contribution in [1.29, 1.82) is 0 Å². The minimum absolute atomic E-state index is 0.526. The fourth-order valence-electron chi connectivity index (χ4n) is 5.46. The summed E-state index contributed by atoms with van der Waals surface area (Å²) < 4.78 is 0. The number of carbonyl (C=O) groups excluding carboxylic acids is 1. The van der Waals surface area contributed by atoms with Crippen LogP contribution in [0.3, 0.4) is 0 Å². The Balaban J connectivity index is 3.15. The van der Waals surface area contributed by atoms with Gasteiger partial charge in [0.1, 0.15) is 5.78 Å². The van der Waals surface area contributed by atoms with E-state index in [0.29, 0.717) is 5.78 Å². The molecule has 36 heavy (non-hydrogen) atoms. The van der Waals surface area contributed by atoms with Gasteiger partial charge in [-0.05, 0) is 18.8 Å². The summed E-state index contributed by atoms with van der Waals surface area (Å²) in [6.07, 6.45) is 40.5. The molecule has 0 N–H and O–H groups in total. The molecule has 1 nitrogen and oxygen atoms in total. The third-order valence-corrected chi connectivity index (χ3v) is 8.05. The summed E-state index contributed by atoms with van der Waals surface area (Å²) in [6.45, 7) is 6.96. The molecule has 0 spiro atoms. The number of hydrogen-bond acceptors (Lipinski definition) is 1. The number of unbranched alkanes of at least 4 members (excludes halogenated alkanes) is 25. The molecule has 0 heterocycles. The SMILES string of the molecule is CCCCCCCCCCCCCCCCC(=O)CCCCCCCCCCCCCCCC(C)C.